The number of hydrogen-bond acceptors (Lipinski definition) is 3. The van der Waals surface area contributed by atoms with Crippen molar-refractivity contribution in [2.24, 2.45) is 0 Å². The maximum absolute atomic E-state index is 12.1. The maximum atomic E-state index is 12.1. The molecule has 0 aliphatic heterocycles. The van der Waals surface area contributed by atoms with E-state index >= 15 is 0 Å². The lowest BCUT2D eigenvalue weighted by molar-refractivity contribution is 0.0913. The van der Waals surface area contributed by atoms with Crippen LogP contribution in [0.4, 0.5) is 0 Å². The molecule has 0 aliphatic carbocycles. The van der Waals surface area contributed by atoms with Gasteiger partial charge in [0.2, 0.25) is 0 Å². The summed E-state index contributed by atoms with van der Waals surface area (Å²) in [4.78, 5) is 12.1. The van der Waals surface area contributed by atoms with Crippen LogP contribution >= 0.6 is 23.2 Å². The zero-order valence-electron chi connectivity index (χ0n) is 10.9. The highest BCUT2D eigenvalue weighted by Gasteiger charge is 2.28. The Labute approximate surface area is 122 Å². The van der Waals surface area contributed by atoms with E-state index in [1.807, 2.05) is 6.92 Å². The van der Waals surface area contributed by atoms with Gasteiger partial charge in [0.25, 0.3) is 5.91 Å². The van der Waals surface area contributed by atoms with Gasteiger partial charge in [0.05, 0.1) is 12.6 Å². The van der Waals surface area contributed by atoms with E-state index in [-0.39, 0.29) is 23.4 Å². The topological polar surface area (TPSA) is 58.6 Å². The Morgan fingerprint density at radius 2 is 2.05 bits per heavy atom. The number of phenolic OH excluding ortho intramolecular Hbond substituents is 1. The number of halogens is 2. The number of methoxy groups -OCH3 is 1. The van der Waals surface area contributed by atoms with Crippen LogP contribution in [-0.4, -0.2) is 35.4 Å². The predicted molar refractivity (Wildman–Crippen MR) is 76.6 cm³/mol. The zero-order valence-corrected chi connectivity index (χ0v) is 12.4. The number of amides is 1. The molecule has 1 amide bonds. The highest BCUT2D eigenvalue weighted by Crippen LogP contribution is 2.26. The van der Waals surface area contributed by atoms with Gasteiger partial charge in [-0.1, -0.05) is 6.92 Å². The molecule has 0 saturated heterocycles. The van der Waals surface area contributed by atoms with E-state index in [0.29, 0.717) is 17.7 Å². The smallest absolute Gasteiger partial charge is 0.251 e. The number of aromatic hydroxyl groups is 1. The fraction of sp³-hybridized carbons (Fsp3) is 0.462. The molecule has 6 heteroatoms. The van der Waals surface area contributed by atoms with Gasteiger partial charge in [0.1, 0.15) is 0 Å². The van der Waals surface area contributed by atoms with E-state index in [9.17, 15) is 9.90 Å². The zero-order chi connectivity index (χ0) is 14.5. The first-order valence-electron chi connectivity index (χ1n) is 5.83. The molecule has 0 atom stereocenters. The third kappa shape index (κ3) is 3.67. The minimum absolute atomic E-state index is 0.0889. The van der Waals surface area contributed by atoms with Crippen molar-refractivity contribution in [2.45, 2.75) is 18.9 Å². The lowest BCUT2D eigenvalue weighted by Gasteiger charge is -2.29. The molecule has 0 radical (unpaired) electrons. The van der Waals surface area contributed by atoms with Gasteiger partial charge < -0.3 is 15.2 Å². The molecule has 1 rings (SSSR count). The van der Waals surface area contributed by atoms with Crippen molar-refractivity contribution in [3.8, 4) is 11.5 Å². The molecule has 4 nitrogen and oxygen atoms in total. The van der Waals surface area contributed by atoms with Gasteiger partial charge in [-0.25, -0.2) is 0 Å². The molecule has 1 aromatic carbocycles. The van der Waals surface area contributed by atoms with Gasteiger partial charge >= 0.3 is 0 Å². The van der Waals surface area contributed by atoms with Gasteiger partial charge in [-0.3, -0.25) is 4.79 Å². The Balaban J connectivity index is 2.92. The summed E-state index contributed by atoms with van der Waals surface area (Å²) in [6.45, 7) is 1.90. The van der Waals surface area contributed by atoms with Crippen LogP contribution in [0.5, 0.6) is 11.5 Å². The molecule has 0 aromatic heterocycles. The minimum Gasteiger partial charge on any atom is -0.504 e. The van der Waals surface area contributed by atoms with E-state index in [0.717, 1.165) is 0 Å². The average molecular weight is 306 g/mol. The van der Waals surface area contributed by atoms with Crippen LogP contribution in [0.3, 0.4) is 0 Å². The van der Waals surface area contributed by atoms with Crippen LogP contribution in [0.25, 0.3) is 0 Å². The molecule has 0 saturated carbocycles. The fourth-order valence-corrected chi connectivity index (χ4v) is 2.32. The normalized spacial score (nSPS) is 11.2. The van der Waals surface area contributed by atoms with Gasteiger partial charge in [-0.05, 0) is 24.6 Å². The Hall–Kier alpha value is -1.13. The van der Waals surface area contributed by atoms with E-state index in [1.54, 1.807) is 6.07 Å². The average Bonchev–Trinajstić information content (AvgIpc) is 2.44. The van der Waals surface area contributed by atoms with Crippen LogP contribution in [0, 0.1) is 0 Å². The molecular weight excluding hydrogens is 289 g/mol. The van der Waals surface area contributed by atoms with Gasteiger partial charge in [0, 0.05) is 17.3 Å². The van der Waals surface area contributed by atoms with Crippen LogP contribution in [0.1, 0.15) is 23.7 Å². The third-order valence-corrected chi connectivity index (χ3v) is 4.03. The third-order valence-electron chi connectivity index (χ3n) is 3.01. The highest BCUT2D eigenvalue weighted by atomic mass is 35.5. The van der Waals surface area contributed by atoms with Gasteiger partial charge in [0.15, 0.2) is 11.5 Å². The van der Waals surface area contributed by atoms with Crippen LogP contribution < -0.4 is 10.1 Å². The first-order chi connectivity index (χ1) is 9.01. The van der Waals surface area contributed by atoms with Crippen molar-refractivity contribution >= 4 is 29.1 Å². The molecule has 2 N–H and O–H groups in total. The SMILES string of the molecule is CCC(CCl)(CCl)NC(=O)c1ccc(OC)c(O)c1. The van der Waals surface area contributed by atoms with E-state index in [4.69, 9.17) is 27.9 Å². The molecule has 0 spiro atoms. The summed E-state index contributed by atoms with van der Waals surface area (Å²) in [5.74, 6) is 0.338. The Morgan fingerprint density at radius 3 is 2.47 bits per heavy atom. The Morgan fingerprint density at radius 1 is 1.42 bits per heavy atom. The molecule has 0 fully saturated rings. The van der Waals surface area contributed by atoms with Gasteiger partial charge in [-0.2, -0.15) is 0 Å². The first kappa shape index (κ1) is 15.9. The van der Waals surface area contributed by atoms with Crippen molar-refractivity contribution in [2.75, 3.05) is 18.9 Å². The molecule has 0 unspecified atom stereocenters. The molecule has 106 valence electrons. The summed E-state index contributed by atoms with van der Waals surface area (Å²) >= 11 is 11.7. The first-order valence-corrected chi connectivity index (χ1v) is 6.90. The summed E-state index contributed by atoms with van der Waals surface area (Å²) in [7, 11) is 1.44. The Kier molecular flexibility index (Phi) is 5.76. The number of phenols is 1. The van der Waals surface area contributed by atoms with Crippen molar-refractivity contribution in [1.82, 2.24) is 5.32 Å². The summed E-state index contributed by atoms with van der Waals surface area (Å²) in [6.07, 6.45) is 0.619. The van der Waals surface area contributed by atoms with Crippen LogP contribution in [-0.2, 0) is 0 Å². The molecule has 0 heterocycles. The standard InChI is InChI=1S/C13H17Cl2NO3/c1-3-13(7-14,8-15)16-12(18)9-4-5-11(19-2)10(17)6-9/h4-6,17H,3,7-8H2,1-2H3,(H,16,18). The lowest BCUT2D eigenvalue weighted by atomic mass is 10.0. The van der Waals surface area contributed by atoms with E-state index < -0.39 is 5.54 Å². The molecule has 0 aliphatic rings. The monoisotopic (exact) mass is 305 g/mol. The number of carbonyl (C=O) groups excluding carboxylic acids is 1. The summed E-state index contributed by atoms with van der Waals surface area (Å²) in [5, 5.41) is 12.5. The van der Waals surface area contributed by atoms with Gasteiger partial charge in [-0.15, -0.1) is 23.2 Å². The maximum Gasteiger partial charge on any atom is 0.251 e. The summed E-state index contributed by atoms with van der Waals surface area (Å²) < 4.78 is 4.92. The number of hydrogen-bond donors (Lipinski definition) is 2. The lowest BCUT2D eigenvalue weighted by Crippen LogP contribution is -2.51. The molecule has 19 heavy (non-hydrogen) atoms. The predicted octanol–water partition coefficient (Wildman–Crippen LogP) is 2.76. The summed E-state index contributed by atoms with van der Waals surface area (Å²) in [6, 6.07) is 4.44. The van der Waals surface area contributed by atoms with Crippen molar-refractivity contribution in [1.29, 1.82) is 0 Å². The van der Waals surface area contributed by atoms with Crippen molar-refractivity contribution in [3.05, 3.63) is 23.8 Å². The quantitative estimate of drug-likeness (QED) is 0.795. The molecule has 0 bridgehead atoms. The Bertz CT molecular complexity index is 439. The number of carbonyl (C=O) groups is 1. The fourth-order valence-electron chi connectivity index (χ4n) is 1.52. The number of nitrogens with one attached hydrogen (secondary N) is 1. The van der Waals surface area contributed by atoms with Crippen molar-refractivity contribution in [3.63, 3.8) is 0 Å². The minimum atomic E-state index is -0.643. The number of ether oxygens (including phenoxy) is 1. The second-order valence-electron chi connectivity index (χ2n) is 4.24. The van der Waals surface area contributed by atoms with E-state index in [1.165, 1.54) is 19.2 Å². The largest absolute Gasteiger partial charge is 0.504 e. The molecular formula is C13H17Cl2NO3. The second-order valence-corrected chi connectivity index (χ2v) is 4.78. The number of alkyl halides is 2. The highest BCUT2D eigenvalue weighted by molar-refractivity contribution is 6.22. The van der Waals surface area contributed by atoms with Crippen molar-refractivity contribution < 1.29 is 14.6 Å². The number of rotatable bonds is 6. The van der Waals surface area contributed by atoms with E-state index in [2.05, 4.69) is 5.32 Å². The summed E-state index contributed by atoms with van der Waals surface area (Å²) in [5.41, 5.74) is -0.318. The second kappa shape index (κ2) is 6.87. The van der Waals surface area contributed by atoms with Crippen LogP contribution in [0.2, 0.25) is 0 Å². The molecule has 1 aromatic rings. The van der Waals surface area contributed by atoms with Crippen LogP contribution in [0.15, 0.2) is 18.2 Å². The number of benzene rings is 1.